The first-order valence-corrected chi connectivity index (χ1v) is 3.58. The van der Waals surface area contributed by atoms with Gasteiger partial charge in [-0.3, -0.25) is 4.79 Å². The van der Waals surface area contributed by atoms with Crippen LogP contribution in [0, 0.1) is 11.8 Å². The van der Waals surface area contributed by atoms with Crippen LogP contribution < -0.4 is 56.5 Å². The van der Waals surface area contributed by atoms with Crippen LogP contribution in [-0.2, 0) is 9.59 Å². The van der Waals surface area contributed by atoms with E-state index in [0.29, 0.717) is 0 Å². The van der Waals surface area contributed by atoms with Gasteiger partial charge in [0.05, 0.1) is 17.8 Å². The van der Waals surface area contributed by atoms with Crippen molar-refractivity contribution >= 4 is 11.9 Å². The van der Waals surface area contributed by atoms with Crippen LogP contribution in [0.1, 0.15) is 13.3 Å². The predicted octanol–water partition coefficient (Wildman–Crippen LogP) is -3.27. The maximum absolute atomic E-state index is 12.0. The first-order valence-electron chi connectivity index (χ1n) is 3.58. The molecule has 0 aromatic heterocycles. The maximum atomic E-state index is 12.0. The van der Waals surface area contributed by atoms with Crippen molar-refractivity contribution in [3.8, 4) is 0 Å². The minimum atomic E-state index is -3.09. The molecule has 1 N–H and O–H groups in total. The molecule has 76 valence electrons. The Morgan fingerprint density at radius 3 is 2.07 bits per heavy atom. The van der Waals surface area contributed by atoms with Crippen LogP contribution in [0.4, 0.5) is 8.78 Å². The van der Waals surface area contributed by atoms with E-state index in [-0.39, 0.29) is 51.4 Å². The molecule has 4 nitrogen and oxygen atoms in total. The molecule has 0 rings (SSSR count). The number of halogens is 2. The predicted molar refractivity (Wildman–Crippen MR) is 35.9 cm³/mol. The Kier molecular flexibility index (Phi) is 9.26. The third-order valence-corrected chi connectivity index (χ3v) is 1.64. The fourth-order valence-electron chi connectivity index (χ4n) is 0.784. The Labute approximate surface area is 122 Å². The van der Waals surface area contributed by atoms with Gasteiger partial charge in [0.25, 0.3) is 0 Å². The van der Waals surface area contributed by atoms with Gasteiger partial charge in [-0.25, -0.2) is 8.78 Å². The summed E-state index contributed by atoms with van der Waals surface area (Å²) in [6, 6.07) is 0. The summed E-state index contributed by atoms with van der Waals surface area (Å²) in [5.41, 5.74) is 0. The van der Waals surface area contributed by atoms with Gasteiger partial charge in [-0.1, -0.05) is 6.92 Å². The van der Waals surface area contributed by atoms with Gasteiger partial charge >= 0.3 is 57.4 Å². The molecule has 0 heterocycles. The average Bonchev–Trinajstić information content (AvgIpc) is 1.97. The van der Waals surface area contributed by atoms with Gasteiger partial charge in [-0.15, -0.1) is 0 Å². The molecule has 0 saturated carbocycles. The van der Waals surface area contributed by atoms with E-state index in [0.717, 1.165) is 0 Å². The van der Waals surface area contributed by atoms with Crippen molar-refractivity contribution in [2.45, 2.75) is 19.8 Å². The molecule has 0 aliphatic heterocycles. The van der Waals surface area contributed by atoms with Crippen molar-refractivity contribution in [2.75, 3.05) is 0 Å². The summed E-state index contributed by atoms with van der Waals surface area (Å²) in [6.07, 6.45) is -3.71. The quantitative estimate of drug-likeness (QED) is 0.506. The molecule has 0 aliphatic rings. The first kappa shape index (κ1) is 16.9. The monoisotopic (exact) mass is 234 g/mol. The van der Waals surface area contributed by atoms with Crippen LogP contribution in [-0.4, -0.2) is 23.5 Å². The van der Waals surface area contributed by atoms with E-state index >= 15 is 0 Å². The summed E-state index contributed by atoms with van der Waals surface area (Å²) in [5, 5.41) is 18.5. The van der Waals surface area contributed by atoms with Crippen LogP contribution in [0.25, 0.3) is 0 Å². The summed E-state index contributed by atoms with van der Waals surface area (Å²) < 4.78 is 23.9. The maximum Gasteiger partial charge on any atom is 1.00 e. The summed E-state index contributed by atoms with van der Waals surface area (Å²) in [5.74, 6) is -6.34. The number of rotatable bonds is 5. The smallest absolute Gasteiger partial charge is 0.550 e. The Hall–Kier alpha value is 0.436. The van der Waals surface area contributed by atoms with Gasteiger partial charge in [0.1, 0.15) is 0 Å². The van der Waals surface area contributed by atoms with E-state index in [2.05, 4.69) is 0 Å². The molecule has 7 heteroatoms. The van der Waals surface area contributed by atoms with Gasteiger partial charge in [-0.05, 0) is 6.42 Å². The minimum absolute atomic E-state index is 0. The largest absolute Gasteiger partial charge is 1.00 e. The minimum Gasteiger partial charge on any atom is -0.550 e. The van der Waals surface area contributed by atoms with Crippen molar-refractivity contribution in [1.82, 2.24) is 0 Å². The van der Waals surface area contributed by atoms with Crippen molar-refractivity contribution in [1.29, 1.82) is 0 Å². The summed E-state index contributed by atoms with van der Waals surface area (Å²) in [7, 11) is 0. The number of carboxylic acid groups (broad SMARTS) is 2. The average molecular weight is 234 g/mol. The third kappa shape index (κ3) is 6.02. The summed E-state index contributed by atoms with van der Waals surface area (Å²) in [6.45, 7) is 1.17. The van der Waals surface area contributed by atoms with E-state index in [1.807, 2.05) is 0 Å². The second-order valence-corrected chi connectivity index (χ2v) is 2.73. The molecule has 0 aromatic rings. The molecule has 0 saturated heterocycles. The van der Waals surface area contributed by atoms with E-state index in [4.69, 9.17) is 5.11 Å². The van der Waals surface area contributed by atoms with Crippen LogP contribution in [0.3, 0.4) is 0 Å². The molecule has 0 radical (unpaired) electrons. The number of carboxylic acids is 2. The number of carbonyl (C=O) groups excluding carboxylic acids is 1. The van der Waals surface area contributed by atoms with Crippen molar-refractivity contribution in [2.24, 2.45) is 11.8 Å². The molecule has 0 spiro atoms. The zero-order valence-electron chi connectivity index (χ0n) is 7.87. The molecule has 14 heavy (non-hydrogen) atoms. The molecular formula is C7H9F2KO4. The molecule has 2 atom stereocenters. The molecule has 0 fully saturated rings. The summed E-state index contributed by atoms with van der Waals surface area (Å²) >= 11 is 0. The number of hydrogen-bond acceptors (Lipinski definition) is 3. The number of carbonyl (C=O) groups is 2. The first-order chi connectivity index (χ1) is 5.86. The van der Waals surface area contributed by atoms with E-state index in [9.17, 15) is 23.5 Å². The van der Waals surface area contributed by atoms with Crippen molar-refractivity contribution in [3.05, 3.63) is 0 Å². The SMILES string of the molecule is CC(CC(C(=O)[O-])C(F)F)C(=O)O.[K+]. The van der Waals surface area contributed by atoms with Crippen molar-refractivity contribution in [3.63, 3.8) is 0 Å². The van der Waals surface area contributed by atoms with Gasteiger partial charge in [0.2, 0.25) is 6.43 Å². The van der Waals surface area contributed by atoms with Crippen LogP contribution in [0.15, 0.2) is 0 Å². The summed E-state index contributed by atoms with van der Waals surface area (Å²) in [4.78, 5) is 20.3. The molecule has 2 unspecified atom stereocenters. The normalized spacial score (nSPS) is 14.3. The topological polar surface area (TPSA) is 77.4 Å². The third-order valence-electron chi connectivity index (χ3n) is 1.64. The van der Waals surface area contributed by atoms with Gasteiger partial charge < -0.3 is 15.0 Å². The van der Waals surface area contributed by atoms with E-state index in [1.54, 1.807) is 0 Å². The Balaban J connectivity index is 0. The Morgan fingerprint density at radius 2 is 1.86 bits per heavy atom. The van der Waals surface area contributed by atoms with Crippen LogP contribution >= 0.6 is 0 Å². The zero-order chi connectivity index (χ0) is 10.6. The molecule has 0 amide bonds. The second kappa shape index (κ2) is 7.69. The fraction of sp³-hybridized carbons (Fsp3) is 0.714. The van der Waals surface area contributed by atoms with Crippen molar-refractivity contribution < 1.29 is 80.0 Å². The zero-order valence-corrected chi connectivity index (χ0v) is 11.0. The fourth-order valence-corrected chi connectivity index (χ4v) is 0.784. The number of alkyl halides is 2. The molecule has 0 bridgehead atoms. The molecular weight excluding hydrogens is 225 g/mol. The standard InChI is InChI=1S/C7H10F2O4.K/c1-3(6(10)11)2-4(5(8)9)7(12)13;/h3-5H,2H2,1H3,(H,10,11)(H,12,13);/q;+1/p-1. The van der Waals surface area contributed by atoms with E-state index in [1.165, 1.54) is 6.92 Å². The molecule has 0 aromatic carbocycles. The van der Waals surface area contributed by atoms with Crippen LogP contribution in [0.5, 0.6) is 0 Å². The van der Waals surface area contributed by atoms with Gasteiger partial charge in [0.15, 0.2) is 0 Å². The Bertz CT molecular complexity index is 210. The van der Waals surface area contributed by atoms with Gasteiger partial charge in [0, 0.05) is 0 Å². The van der Waals surface area contributed by atoms with E-state index < -0.39 is 36.6 Å². The Morgan fingerprint density at radius 1 is 1.43 bits per heavy atom. The second-order valence-electron chi connectivity index (χ2n) is 2.73. The van der Waals surface area contributed by atoms with Crippen LogP contribution in [0.2, 0.25) is 0 Å². The van der Waals surface area contributed by atoms with Gasteiger partial charge in [-0.2, -0.15) is 0 Å². The number of hydrogen-bond donors (Lipinski definition) is 1. The molecule has 0 aliphatic carbocycles. The number of aliphatic carboxylic acids is 2.